The van der Waals surface area contributed by atoms with E-state index >= 15 is 0 Å². The molecule has 3 amide bonds. The van der Waals surface area contributed by atoms with Crippen LogP contribution in [-0.4, -0.2) is 53.7 Å². The van der Waals surface area contributed by atoms with Crippen LogP contribution in [0.2, 0.25) is 0 Å². The van der Waals surface area contributed by atoms with Gasteiger partial charge in [0.05, 0.1) is 18.6 Å². The minimum Gasteiger partial charge on any atom is -0.497 e. The summed E-state index contributed by atoms with van der Waals surface area (Å²) >= 11 is 1.50. The number of methoxy groups -OCH3 is 1. The zero-order valence-electron chi connectivity index (χ0n) is 17.3. The number of hydrogen-bond acceptors (Lipinski definition) is 6. The Morgan fingerprint density at radius 1 is 1.34 bits per heavy atom. The lowest BCUT2D eigenvalue weighted by Gasteiger charge is -2.30. The van der Waals surface area contributed by atoms with Crippen molar-refractivity contribution in [3.05, 3.63) is 45.9 Å². The number of aromatic nitrogens is 1. The van der Waals surface area contributed by atoms with Crippen molar-refractivity contribution in [2.45, 2.75) is 38.1 Å². The molecule has 1 aliphatic heterocycles. The van der Waals surface area contributed by atoms with Gasteiger partial charge in [0.2, 0.25) is 17.7 Å². The molecule has 2 atom stereocenters. The van der Waals surface area contributed by atoms with Crippen LogP contribution in [0.3, 0.4) is 0 Å². The molecule has 0 bridgehead atoms. The molecule has 2 heterocycles. The maximum Gasteiger partial charge on any atom is 0.240 e. The summed E-state index contributed by atoms with van der Waals surface area (Å²) < 4.78 is 5.19. The van der Waals surface area contributed by atoms with Crippen molar-refractivity contribution in [1.82, 2.24) is 14.8 Å². The first-order chi connectivity index (χ1) is 13.7. The SMILES string of the molecule is COc1ccc(C2(CC(=O)N(C)C(C)c3nc(C)cs3)CC(=O)N(C)C2=O)cc1. The van der Waals surface area contributed by atoms with Gasteiger partial charge in [0.1, 0.15) is 10.8 Å². The largest absolute Gasteiger partial charge is 0.497 e. The first kappa shape index (κ1) is 21.0. The number of nitrogens with zero attached hydrogens (tertiary/aromatic N) is 3. The van der Waals surface area contributed by atoms with Gasteiger partial charge in [-0.3, -0.25) is 19.3 Å². The van der Waals surface area contributed by atoms with E-state index in [9.17, 15) is 14.4 Å². The number of benzene rings is 1. The molecule has 0 radical (unpaired) electrons. The van der Waals surface area contributed by atoms with Gasteiger partial charge < -0.3 is 9.64 Å². The summed E-state index contributed by atoms with van der Waals surface area (Å²) in [6.07, 6.45) is -0.113. The van der Waals surface area contributed by atoms with Gasteiger partial charge in [-0.15, -0.1) is 11.3 Å². The fourth-order valence-electron chi connectivity index (χ4n) is 3.59. The van der Waals surface area contributed by atoms with Gasteiger partial charge in [0.15, 0.2) is 0 Å². The molecule has 1 aliphatic rings. The molecule has 8 heteroatoms. The normalized spacial score (nSPS) is 20.1. The van der Waals surface area contributed by atoms with Crippen LogP contribution in [0.1, 0.15) is 42.1 Å². The van der Waals surface area contributed by atoms with Gasteiger partial charge in [0.25, 0.3) is 0 Å². The van der Waals surface area contributed by atoms with E-state index in [1.54, 1.807) is 43.3 Å². The summed E-state index contributed by atoms with van der Waals surface area (Å²) in [5, 5.41) is 2.78. The predicted octanol–water partition coefficient (Wildman–Crippen LogP) is 2.70. The third-order valence-electron chi connectivity index (χ3n) is 5.61. The van der Waals surface area contributed by atoms with Crippen LogP contribution in [0, 0.1) is 6.92 Å². The smallest absolute Gasteiger partial charge is 0.240 e. The lowest BCUT2D eigenvalue weighted by Crippen LogP contribution is -2.42. The minimum absolute atomic E-state index is 0.0288. The molecule has 2 unspecified atom stereocenters. The van der Waals surface area contributed by atoms with Crippen molar-refractivity contribution >= 4 is 29.1 Å². The van der Waals surface area contributed by atoms with Crippen molar-refractivity contribution in [3.8, 4) is 5.75 Å². The summed E-state index contributed by atoms with van der Waals surface area (Å²) in [7, 11) is 4.73. The van der Waals surface area contributed by atoms with Crippen LogP contribution >= 0.6 is 11.3 Å². The molecule has 0 saturated carbocycles. The van der Waals surface area contributed by atoms with Crippen molar-refractivity contribution in [2.24, 2.45) is 0 Å². The van der Waals surface area contributed by atoms with Crippen molar-refractivity contribution in [3.63, 3.8) is 0 Å². The Hall–Kier alpha value is -2.74. The number of thiazole rings is 1. The van der Waals surface area contributed by atoms with Crippen molar-refractivity contribution in [2.75, 3.05) is 21.2 Å². The number of likely N-dealkylation sites (N-methyl/N-ethyl adjacent to an activating group) is 1. The summed E-state index contributed by atoms with van der Waals surface area (Å²) in [6, 6.07) is 6.76. The fraction of sp³-hybridized carbons (Fsp3) is 0.429. The Bertz CT molecular complexity index is 940. The third kappa shape index (κ3) is 3.76. The molecular weight excluding hydrogens is 390 g/mol. The quantitative estimate of drug-likeness (QED) is 0.678. The Morgan fingerprint density at radius 2 is 2.00 bits per heavy atom. The average Bonchev–Trinajstić information content (AvgIpc) is 3.24. The molecular formula is C21H25N3O4S. The van der Waals surface area contributed by atoms with Crippen LogP contribution in [-0.2, 0) is 19.8 Å². The van der Waals surface area contributed by atoms with E-state index < -0.39 is 5.41 Å². The molecule has 2 aromatic rings. The number of carbonyl (C=O) groups excluding carboxylic acids is 3. The number of hydrogen-bond donors (Lipinski definition) is 0. The van der Waals surface area contributed by atoms with Gasteiger partial charge in [-0.1, -0.05) is 12.1 Å². The molecule has 1 fully saturated rings. The number of carbonyl (C=O) groups is 3. The van der Waals surface area contributed by atoms with Gasteiger partial charge in [0, 0.05) is 38.0 Å². The molecule has 1 aromatic heterocycles. The van der Waals surface area contributed by atoms with E-state index in [1.807, 2.05) is 19.2 Å². The topological polar surface area (TPSA) is 79.8 Å². The highest BCUT2D eigenvalue weighted by Crippen LogP contribution is 2.40. The molecule has 0 N–H and O–H groups in total. The van der Waals surface area contributed by atoms with Crippen molar-refractivity contribution in [1.29, 1.82) is 0 Å². The Labute approximate surface area is 174 Å². The van der Waals surface area contributed by atoms with Crippen LogP contribution in [0.5, 0.6) is 5.75 Å². The maximum absolute atomic E-state index is 13.2. The molecule has 1 saturated heterocycles. The van der Waals surface area contributed by atoms with E-state index in [4.69, 9.17) is 4.74 Å². The molecule has 7 nitrogen and oxygen atoms in total. The monoisotopic (exact) mass is 415 g/mol. The van der Waals surface area contributed by atoms with E-state index in [-0.39, 0.29) is 36.6 Å². The number of likely N-dealkylation sites (tertiary alicyclic amines) is 1. The van der Waals surface area contributed by atoms with E-state index in [0.717, 1.165) is 15.6 Å². The summed E-state index contributed by atoms with van der Waals surface area (Å²) in [5.41, 5.74) is 0.341. The first-order valence-corrected chi connectivity index (χ1v) is 10.2. The molecule has 29 heavy (non-hydrogen) atoms. The number of ether oxygens (including phenoxy) is 1. The first-order valence-electron chi connectivity index (χ1n) is 9.33. The average molecular weight is 416 g/mol. The minimum atomic E-state index is -1.21. The highest BCUT2D eigenvalue weighted by Gasteiger charge is 2.53. The third-order valence-corrected chi connectivity index (χ3v) is 6.74. The van der Waals surface area contributed by atoms with E-state index in [2.05, 4.69) is 4.98 Å². The molecule has 1 aromatic carbocycles. The zero-order valence-corrected chi connectivity index (χ0v) is 18.1. The van der Waals surface area contributed by atoms with Crippen LogP contribution in [0.25, 0.3) is 0 Å². The van der Waals surface area contributed by atoms with E-state index in [0.29, 0.717) is 11.3 Å². The summed E-state index contributed by atoms with van der Waals surface area (Å²) in [4.78, 5) is 45.8. The fourth-order valence-corrected chi connectivity index (χ4v) is 4.49. The number of amides is 3. The molecule has 154 valence electrons. The molecule has 0 aliphatic carbocycles. The maximum atomic E-state index is 13.2. The number of imide groups is 1. The molecule has 3 rings (SSSR count). The summed E-state index contributed by atoms with van der Waals surface area (Å²) in [5.74, 6) is -0.208. The van der Waals surface area contributed by atoms with Crippen molar-refractivity contribution < 1.29 is 19.1 Å². The second-order valence-electron chi connectivity index (χ2n) is 7.43. The van der Waals surface area contributed by atoms with Gasteiger partial charge in [-0.2, -0.15) is 0 Å². The van der Waals surface area contributed by atoms with Crippen LogP contribution < -0.4 is 4.74 Å². The highest BCUT2D eigenvalue weighted by molar-refractivity contribution is 7.09. The lowest BCUT2D eigenvalue weighted by molar-refractivity contribution is -0.141. The lowest BCUT2D eigenvalue weighted by atomic mass is 9.75. The predicted molar refractivity (Wildman–Crippen MR) is 110 cm³/mol. The van der Waals surface area contributed by atoms with Gasteiger partial charge in [-0.25, -0.2) is 4.98 Å². The Balaban J connectivity index is 1.92. The van der Waals surface area contributed by atoms with Gasteiger partial charge >= 0.3 is 0 Å². The van der Waals surface area contributed by atoms with E-state index in [1.165, 1.54) is 18.4 Å². The standard InChI is InChI=1S/C21H25N3O4S/c1-13-12-29-19(22-13)14(2)23(3)17(25)10-21(11-18(26)24(4)20(21)27)15-6-8-16(28-5)9-7-15/h6-9,12,14H,10-11H2,1-5H3. The number of rotatable bonds is 6. The van der Waals surface area contributed by atoms with Crippen LogP contribution in [0.4, 0.5) is 0 Å². The van der Waals surface area contributed by atoms with Gasteiger partial charge in [-0.05, 0) is 31.5 Å². The molecule has 0 spiro atoms. The zero-order chi connectivity index (χ0) is 21.3. The second kappa shape index (κ2) is 7.94. The Morgan fingerprint density at radius 3 is 2.48 bits per heavy atom. The highest BCUT2D eigenvalue weighted by atomic mass is 32.1. The number of aryl methyl sites for hydroxylation is 1. The second-order valence-corrected chi connectivity index (χ2v) is 8.32. The summed E-state index contributed by atoms with van der Waals surface area (Å²) in [6.45, 7) is 3.82. The Kier molecular flexibility index (Phi) is 5.75. The van der Waals surface area contributed by atoms with Crippen LogP contribution in [0.15, 0.2) is 29.6 Å².